The normalized spacial score (nSPS) is 11.2. The molecule has 2 rings (SSSR count). The minimum atomic E-state index is -0.965. The predicted octanol–water partition coefficient (Wildman–Crippen LogP) is 2.87. The van der Waals surface area contributed by atoms with Gasteiger partial charge >= 0.3 is 6.03 Å². The number of pyridine rings is 1. The molecule has 128 valence electrons. The quantitative estimate of drug-likeness (QED) is 0.857. The fourth-order valence-electron chi connectivity index (χ4n) is 2.44. The summed E-state index contributed by atoms with van der Waals surface area (Å²) < 4.78 is 0. The van der Waals surface area contributed by atoms with Gasteiger partial charge in [0, 0.05) is 12.7 Å². The third-order valence-electron chi connectivity index (χ3n) is 3.61. The highest BCUT2D eigenvalue weighted by molar-refractivity contribution is 5.74. The number of amides is 2. The van der Waals surface area contributed by atoms with Gasteiger partial charge in [-0.3, -0.25) is 4.98 Å². The first kappa shape index (κ1) is 17.9. The lowest BCUT2D eigenvalue weighted by Crippen LogP contribution is -2.46. The molecule has 24 heavy (non-hydrogen) atoms. The molecule has 1 aromatic heterocycles. The zero-order chi connectivity index (χ0) is 17.6. The van der Waals surface area contributed by atoms with E-state index < -0.39 is 5.60 Å². The van der Waals surface area contributed by atoms with E-state index in [4.69, 9.17) is 0 Å². The smallest absolute Gasteiger partial charge is 0.318 e. The van der Waals surface area contributed by atoms with Crippen molar-refractivity contribution in [3.05, 3.63) is 65.5 Å². The number of nitrogens with one attached hydrogen (secondary N) is 1. The molecule has 0 saturated heterocycles. The van der Waals surface area contributed by atoms with Gasteiger partial charge in [0.1, 0.15) is 0 Å². The lowest BCUT2D eigenvalue weighted by molar-refractivity contribution is 0.0446. The molecule has 0 aliphatic carbocycles. The van der Waals surface area contributed by atoms with Crippen molar-refractivity contribution >= 4 is 6.03 Å². The van der Waals surface area contributed by atoms with E-state index in [1.165, 1.54) is 0 Å². The monoisotopic (exact) mass is 327 g/mol. The number of hydrogen-bond acceptors (Lipinski definition) is 3. The Morgan fingerprint density at radius 2 is 1.92 bits per heavy atom. The second-order valence-electron chi connectivity index (χ2n) is 6.58. The van der Waals surface area contributed by atoms with E-state index in [0.29, 0.717) is 13.1 Å². The van der Waals surface area contributed by atoms with Gasteiger partial charge in [-0.25, -0.2) is 4.79 Å². The molecule has 5 heteroatoms. The van der Waals surface area contributed by atoms with Gasteiger partial charge in [-0.1, -0.05) is 36.4 Å². The number of hydrogen-bond donors (Lipinski definition) is 2. The molecule has 0 bridgehead atoms. The highest BCUT2D eigenvalue weighted by atomic mass is 16.3. The van der Waals surface area contributed by atoms with Gasteiger partial charge in [0.25, 0.3) is 0 Å². The summed E-state index contributed by atoms with van der Waals surface area (Å²) in [5, 5.41) is 13.0. The molecule has 0 atom stereocenters. The van der Waals surface area contributed by atoms with Crippen LogP contribution in [0.4, 0.5) is 4.79 Å². The standard InChI is InChI=1S/C19H25N3O2/c1-15-8-7-11-20-17(15)12-21-18(23)22(14-19(2,3)24)13-16-9-5-4-6-10-16/h4-11,24H,12-14H2,1-3H3,(H,21,23). The third kappa shape index (κ3) is 5.66. The van der Waals surface area contributed by atoms with Crippen LogP contribution in [0.15, 0.2) is 48.7 Å². The summed E-state index contributed by atoms with van der Waals surface area (Å²) in [6.07, 6.45) is 1.72. The molecule has 0 unspecified atom stereocenters. The van der Waals surface area contributed by atoms with Gasteiger partial charge in [-0.05, 0) is 38.0 Å². The van der Waals surface area contributed by atoms with Gasteiger partial charge in [0.2, 0.25) is 0 Å². The Kier molecular flexibility index (Phi) is 5.93. The summed E-state index contributed by atoms with van der Waals surface area (Å²) in [5.41, 5.74) is 1.93. The lowest BCUT2D eigenvalue weighted by Gasteiger charge is -2.29. The van der Waals surface area contributed by atoms with Crippen molar-refractivity contribution in [3.63, 3.8) is 0 Å². The number of aliphatic hydroxyl groups is 1. The van der Waals surface area contributed by atoms with Gasteiger partial charge in [0.15, 0.2) is 0 Å². The maximum Gasteiger partial charge on any atom is 0.318 e. The second-order valence-corrected chi connectivity index (χ2v) is 6.58. The van der Waals surface area contributed by atoms with Crippen molar-refractivity contribution in [2.45, 2.75) is 39.5 Å². The number of urea groups is 1. The van der Waals surface area contributed by atoms with Crippen molar-refractivity contribution < 1.29 is 9.90 Å². The Morgan fingerprint density at radius 3 is 2.54 bits per heavy atom. The summed E-state index contributed by atoms with van der Waals surface area (Å²) in [4.78, 5) is 18.5. The molecule has 0 saturated carbocycles. The van der Waals surface area contributed by atoms with Crippen LogP contribution in [0.3, 0.4) is 0 Å². The minimum absolute atomic E-state index is 0.217. The van der Waals surface area contributed by atoms with Gasteiger partial charge in [-0.2, -0.15) is 0 Å². The van der Waals surface area contributed by atoms with Crippen molar-refractivity contribution in [3.8, 4) is 0 Å². The van der Waals surface area contributed by atoms with Gasteiger partial charge in [-0.15, -0.1) is 0 Å². The van der Waals surface area contributed by atoms with Gasteiger partial charge < -0.3 is 15.3 Å². The minimum Gasteiger partial charge on any atom is -0.389 e. The summed E-state index contributed by atoms with van der Waals surface area (Å²) >= 11 is 0. The Hall–Kier alpha value is -2.40. The predicted molar refractivity (Wildman–Crippen MR) is 94.4 cm³/mol. The van der Waals surface area contributed by atoms with E-state index in [-0.39, 0.29) is 12.6 Å². The molecule has 0 aliphatic rings. The molecule has 1 aromatic carbocycles. The molecular weight excluding hydrogens is 302 g/mol. The van der Waals surface area contributed by atoms with Crippen LogP contribution in [0, 0.1) is 6.92 Å². The fourth-order valence-corrected chi connectivity index (χ4v) is 2.44. The van der Waals surface area contributed by atoms with E-state index in [1.54, 1.807) is 24.9 Å². The summed E-state index contributed by atoms with van der Waals surface area (Å²) in [6.45, 7) is 6.41. The number of rotatable bonds is 6. The molecular formula is C19H25N3O2. The number of benzene rings is 1. The fraction of sp³-hybridized carbons (Fsp3) is 0.368. The van der Waals surface area contributed by atoms with E-state index in [9.17, 15) is 9.90 Å². The number of carbonyl (C=O) groups excluding carboxylic acids is 1. The van der Waals surface area contributed by atoms with Crippen LogP contribution >= 0.6 is 0 Å². The highest BCUT2D eigenvalue weighted by Crippen LogP contribution is 2.11. The van der Waals surface area contributed by atoms with Crippen LogP contribution in [-0.4, -0.2) is 33.2 Å². The molecule has 2 aromatic rings. The van der Waals surface area contributed by atoms with Crippen molar-refractivity contribution in [2.75, 3.05) is 6.54 Å². The molecule has 0 aliphatic heterocycles. The molecule has 2 N–H and O–H groups in total. The highest BCUT2D eigenvalue weighted by Gasteiger charge is 2.22. The van der Waals surface area contributed by atoms with Crippen LogP contribution in [-0.2, 0) is 13.1 Å². The van der Waals surface area contributed by atoms with Crippen molar-refractivity contribution in [1.29, 1.82) is 0 Å². The Balaban J connectivity index is 2.05. The van der Waals surface area contributed by atoms with E-state index in [0.717, 1.165) is 16.8 Å². The van der Waals surface area contributed by atoms with Crippen LogP contribution in [0.5, 0.6) is 0 Å². The lowest BCUT2D eigenvalue weighted by atomic mass is 10.1. The van der Waals surface area contributed by atoms with Crippen LogP contribution < -0.4 is 5.32 Å². The zero-order valence-electron chi connectivity index (χ0n) is 14.5. The Bertz CT molecular complexity index is 666. The molecule has 5 nitrogen and oxygen atoms in total. The summed E-state index contributed by atoms with van der Waals surface area (Å²) in [5.74, 6) is 0. The topological polar surface area (TPSA) is 65.5 Å². The third-order valence-corrected chi connectivity index (χ3v) is 3.61. The maximum atomic E-state index is 12.6. The molecule has 0 fully saturated rings. The average Bonchev–Trinajstić information content (AvgIpc) is 2.53. The Morgan fingerprint density at radius 1 is 1.21 bits per heavy atom. The molecule has 0 spiro atoms. The summed E-state index contributed by atoms with van der Waals surface area (Å²) in [6, 6.07) is 13.4. The van der Waals surface area contributed by atoms with Crippen molar-refractivity contribution in [2.24, 2.45) is 0 Å². The number of nitrogens with zero attached hydrogens (tertiary/aromatic N) is 2. The van der Waals surface area contributed by atoms with Crippen molar-refractivity contribution in [1.82, 2.24) is 15.2 Å². The van der Waals surface area contributed by atoms with E-state index in [2.05, 4.69) is 10.3 Å². The summed E-state index contributed by atoms with van der Waals surface area (Å²) in [7, 11) is 0. The van der Waals surface area contributed by atoms with Crippen LogP contribution in [0.25, 0.3) is 0 Å². The van der Waals surface area contributed by atoms with Crippen LogP contribution in [0.1, 0.15) is 30.7 Å². The Labute approximate surface area is 143 Å². The first-order chi connectivity index (χ1) is 11.3. The largest absolute Gasteiger partial charge is 0.389 e. The SMILES string of the molecule is Cc1cccnc1CNC(=O)N(Cc1ccccc1)CC(C)(C)O. The number of aryl methyl sites for hydroxylation is 1. The van der Waals surface area contributed by atoms with E-state index in [1.807, 2.05) is 49.4 Å². The van der Waals surface area contributed by atoms with Gasteiger partial charge in [0.05, 0.1) is 24.4 Å². The zero-order valence-corrected chi connectivity index (χ0v) is 14.5. The maximum absolute atomic E-state index is 12.6. The van der Waals surface area contributed by atoms with E-state index >= 15 is 0 Å². The number of carbonyl (C=O) groups is 1. The average molecular weight is 327 g/mol. The molecule has 1 heterocycles. The molecule has 2 amide bonds. The van der Waals surface area contributed by atoms with Crippen LogP contribution in [0.2, 0.25) is 0 Å². The number of aromatic nitrogens is 1. The molecule has 0 radical (unpaired) electrons. The first-order valence-corrected chi connectivity index (χ1v) is 8.05. The second kappa shape index (κ2) is 7.93. The first-order valence-electron chi connectivity index (χ1n) is 8.05.